The Morgan fingerprint density at radius 3 is 2.85 bits per heavy atom. The number of thiazole rings is 1. The average molecular weight is 386 g/mol. The van der Waals surface area contributed by atoms with Gasteiger partial charge in [-0.2, -0.15) is 0 Å². The predicted octanol–water partition coefficient (Wildman–Crippen LogP) is 3.59. The molecule has 3 rings (SSSR count). The zero-order chi connectivity index (χ0) is 18.4. The molecular weight excluding hydrogens is 366 g/mol. The van der Waals surface area contributed by atoms with Gasteiger partial charge in [-0.15, -0.1) is 21.5 Å². The number of pyridine rings is 1. The van der Waals surface area contributed by atoms with Crippen molar-refractivity contribution >= 4 is 29.0 Å². The molecule has 0 spiro atoms. The molecule has 0 fully saturated rings. The van der Waals surface area contributed by atoms with E-state index in [0.717, 1.165) is 38.3 Å². The van der Waals surface area contributed by atoms with Crippen LogP contribution in [0.25, 0.3) is 21.1 Å². The summed E-state index contributed by atoms with van der Waals surface area (Å²) in [5.74, 6) is 0.362. The van der Waals surface area contributed by atoms with Crippen molar-refractivity contribution in [3.63, 3.8) is 0 Å². The predicted molar refractivity (Wildman–Crippen MR) is 105 cm³/mol. The summed E-state index contributed by atoms with van der Waals surface area (Å²) in [5, 5.41) is 13.0. The summed E-state index contributed by atoms with van der Waals surface area (Å²) in [6, 6.07) is 7.70. The van der Waals surface area contributed by atoms with E-state index in [-0.39, 0.29) is 5.91 Å². The summed E-state index contributed by atoms with van der Waals surface area (Å²) in [4.78, 5) is 21.4. The highest BCUT2D eigenvalue weighted by molar-refractivity contribution is 7.99. The van der Waals surface area contributed by atoms with Crippen LogP contribution in [0.15, 0.2) is 41.7 Å². The van der Waals surface area contributed by atoms with Gasteiger partial charge in [0.2, 0.25) is 5.91 Å². The molecule has 0 radical (unpaired) electrons. The van der Waals surface area contributed by atoms with Crippen molar-refractivity contribution in [1.29, 1.82) is 0 Å². The minimum absolute atomic E-state index is 0.0159. The lowest BCUT2D eigenvalue weighted by Crippen LogP contribution is -2.25. The molecule has 0 unspecified atom stereocenters. The summed E-state index contributed by atoms with van der Waals surface area (Å²) in [6.07, 6.45) is 4.48. The van der Waals surface area contributed by atoms with Gasteiger partial charge in [-0.25, -0.2) is 4.98 Å². The van der Waals surface area contributed by atoms with Gasteiger partial charge < -0.3 is 5.32 Å². The van der Waals surface area contributed by atoms with Crippen LogP contribution in [0.1, 0.15) is 19.0 Å². The molecule has 8 heteroatoms. The number of carbonyl (C=O) groups is 1. The standard InChI is InChI=1S/C18H19N5OS2/c1-3-8-20-15(24)11-25-16-7-6-14(22-23-16)17-12(2)21-18(26-17)13-5-4-9-19-10-13/h4-7,9-10H,3,8,11H2,1-2H3,(H,20,24). The van der Waals surface area contributed by atoms with E-state index < -0.39 is 0 Å². The summed E-state index contributed by atoms with van der Waals surface area (Å²) in [7, 11) is 0. The summed E-state index contributed by atoms with van der Waals surface area (Å²) < 4.78 is 0. The first-order chi connectivity index (χ1) is 12.7. The van der Waals surface area contributed by atoms with Gasteiger partial charge in [0.25, 0.3) is 0 Å². The Hall–Kier alpha value is -2.32. The molecule has 3 aromatic heterocycles. The maximum Gasteiger partial charge on any atom is 0.230 e. The molecule has 6 nitrogen and oxygen atoms in total. The van der Waals surface area contributed by atoms with Gasteiger partial charge in [-0.05, 0) is 37.6 Å². The maximum atomic E-state index is 11.7. The fourth-order valence-electron chi connectivity index (χ4n) is 2.22. The maximum absolute atomic E-state index is 11.7. The topological polar surface area (TPSA) is 80.7 Å². The van der Waals surface area contributed by atoms with Crippen molar-refractivity contribution < 1.29 is 4.79 Å². The second-order valence-corrected chi connectivity index (χ2v) is 7.57. The van der Waals surface area contributed by atoms with Crippen LogP contribution in [0.3, 0.4) is 0 Å². The monoisotopic (exact) mass is 385 g/mol. The lowest BCUT2D eigenvalue weighted by molar-refractivity contribution is -0.118. The first-order valence-corrected chi connectivity index (χ1v) is 10.1. The van der Waals surface area contributed by atoms with Gasteiger partial charge in [0.05, 0.1) is 16.3 Å². The highest BCUT2D eigenvalue weighted by atomic mass is 32.2. The first-order valence-electron chi connectivity index (χ1n) is 8.28. The number of carbonyl (C=O) groups excluding carboxylic acids is 1. The van der Waals surface area contributed by atoms with Crippen molar-refractivity contribution in [1.82, 2.24) is 25.5 Å². The van der Waals surface area contributed by atoms with E-state index in [1.807, 2.05) is 38.1 Å². The molecule has 0 aromatic carbocycles. The van der Waals surface area contributed by atoms with Gasteiger partial charge in [0.1, 0.15) is 15.7 Å². The smallest absolute Gasteiger partial charge is 0.230 e. The van der Waals surface area contributed by atoms with Crippen LogP contribution in [-0.2, 0) is 4.79 Å². The SMILES string of the molecule is CCCNC(=O)CSc1ccc(-c2sc(-c3cccnc3)nc2C)nn1. The molecule has 0 saturated carbocycles. The highest BCUT2D eigenvalue weighted by Crippen LogP contribution is 2.33. The lowest BCUT2D eigenvalue weighted by atomic mass is 10.3. The normalized spacial score (nSPS) is 10.7. The fraction of sp³-hybridized carbons (Fsp3) is 0.278. The molecule has 134 valence electrons. The van der Waals surface area contributed by atoms with Crippen LogP contribution in [0.5, 0.6) is 0 Å². The van der Waals surface area contributed by atoms with Crippen LogP contribution in [0.4, 0.5) is 0 Å². The molecule has 0 aliphatic rings. The third-order valence-corrected chi connectivity index (χ3v) is 5.65. The molecule has 3 aromatic rings. The Morgan fingerprint density at radius 1 is 1.27 bits per heavy atom. The van der Waals surface area contributed by atoms with Crippen LogP contribution in [0, 0.1) is 6.92 Å². The summed E-state index contributed by atoms with van der Waals surface area (Å²) in [6.45, 7) is 4.70. The van der Waals surface area contributed by atoms with E-state index in [4.69, 9.17) is 0 Å². The van der Waals surface area contributed by atoms with E-state index in [1.165, 1.54) is 11.8 Å². The van der Waals surface area contributed by atoms with Crippen LogP contribution in [-0.4, -0.2) is 38.4 Å². The van der Waals surface area contributed by atoms with E-state index in [2.05, 4.69) is 25.5 Å². The minimum atomic E-state index is 0.0159. The van der Waals surface area contributed by atoms with E-state index in [9.17, 15) is 4.79 Å². The fourth-order valence-corrected chi connectivity index (χ4v) is 3.89. The number of aryl methyl sites for hydroxylation is 1. The zero-order valence-corrected chi connectivity index (χ0v) is 16.2. The Morgan fingerprint density at radius 2 is 2.15 bits per heavy atom. The van der Waals surface area contributed by atoms with Gasteiger partial charge in [0.15, 0.2) is 0 Å². The zero-order valence-electron chi connectivity index (χ0n) is 14.6. The van der Waals surface area contributed by atoms with Crippen molar-refractivity contribution in [3.8, 4) is 21.1 Å². The molecule has 3 heterocycles. The molecule has 1 amide bonds. The van der Waals surface area contributed by atoms with Crippen molar-refractivity contribution in [2.45, 2.75) is 25.3 Å². The molecule has 0 aliphatic carbocycles. The van der Waals surface area contributed by atoms with Gasteiger partial charge in [-0.1, -0.05) is 18.7 Å². The number of amides is 1. The van der Waals surface area contributed by atoms with Crippen LogP contribution < -0.4 is 5.32 Å². The number of rotatable bonds is 7. The second-order valence-electron chi connectivity index (χ2n) is 5.57. The van der Waals surface area contributed by atoms with Gasteiger partial charge in [0, 0.05) is 24.5 Å². The Bertz CT molecular complexity index is 865. The molecule has 1 N–H and O–H groups in total. The molecule has 0 aliphatic heterocycles. The second kappa shape index (κ2) is 8.86. The highest BCUT2D eigenvalue weighted by Gasteiger charge is 2.13. The van der Waals surface area contributed by atoms with Gasteiger partial charge >= 0.3 is 0 Å². The number of nitrogens with one attached hydrogen (secondary N) is 1. The third kappa shape index (κ3) is 4.64. The number of hydrogen-bond donors (Lipinski definition) is 1. The Kier molecular flexibility index (Phi) is 6.30. The molecular formula is C18H19N5OS2. The summed E-state index contributed by atoms with van der Waals surface area (Å²) in [5.41, 5.74) is 2.70. The van der Waals surface area contributed by atoms with Crippen LogP contribution in [0.2, 0.25) is 0 Å². The van der Waals surface area contributed by atoms with Crippen molar-refractivity contribution in [2.24, 2.45) is 0 Å². The molecule has 0 atom stereocenters. The molecule has 0 saturated heterocycles. The minimum Gasteiger partial charge on any atom is -0.355 e. The average Bonchev–Trinajstić information content (AvgIpc) is 3.07. The molecule has 26 heavy (non-hydrogen) atoms. The van der Waals surface area contributed by atoms with Crippen molar-refractivity contribution in [2.75, 3.05) is 12.3 Å². The van der Waals surface area contributed by atoms with Gasteiger partial charge in [-0.3, -0.25) is 9.78 Å². The van der Waals surface area contributed by atoms with E-state index in [1.54, 1.807) is 23.7 Å². The van der Waals surface area contributed by atoms with E-state index in [0.29, 0.717) is 12.3 Å². The Balaban J connectivity index is 1.69. The lowest BCUT2D eigenvalue weighted by Gasteiger charge is -2.03. The Labute approximate surface area is 160 Å². The number of hydrogen-bond acceptors (Lipinski definition) is 7. The summed E-state index contributed by atoms with van der Waals surface area (Å²) >= 11 is 2.96. The number of thioether (sulfide) groups is 1. The van der Waals surface area contributed by atoms with Crippen molar-refractivity contribution in [3.05, 3.63) is 42.4 Å². The molecule has 0 bridgehead atoms. The first kappa shape index (κ1) is 18.5. The van der Waals surface area contributed by atoms with Crippen LogP contribution >= 0.6 is 23.1 Å². The van der Waals surface area contributed by atoms with E-state index >= 15 is 0 Å². The largest absolute Gasteiger partial charge is 0.355 e. The number of aromatic nitrogens is 4. The quantitative estimate of drug-likeness (QED) is 0.626. The third-order valence-electron chi connectivity index (χ3n) is 3.50. The number of nitrogens with zero attached hydrogens (tertiary/aromatic N) is 4.